The monoisotopic (exact) mass is 171 g/mol. The first-order chi connectivity index (χ1) is 5.68. The first-order valence-electron chi connectivity index (χ1n) is 4.58. The standard InChI is InChI=1S/C7H15N3.C2H6/c1-6(8)9-7-3-4-10(2)5-7;1-2/h7,9H,1,3-5,8H2,2H3;1-2H3. The minimum atomic E-state index is 0.516. The molecule has 3 nitrogen and oxygen atoms in total. The van der Waals surface area contributed by atoms with Crippen molar-refractivity contribution in [2.45, 2.75) is 26.3 Å². The van der Waals surface area contributed by atoms with Gasteiger partial charge >= 0.3 is 0 Å². The highest BCUT2D eigenvalue weighted by molar-refractivity contribution is 4.90. The van der Waals surface area contributed by atoms with Gasteiger partial charge in [-0.3, -0.25) is 0 Å². The number of hydrogen-bond acceptors (Lipinski definition) is 3. The molecule has 3 heteroatoms. The zero-order chi connectivity index (χ0) is 9.56. The van der Waals surface area contributed by atoms with Crippen molar-refractivity contribution in [1.82, 2.24) is 10.2 Å². The van der Waals surface area contributed by atoms with Crippen LogP contribution in [-0.2, 0) is 0 Å². The molecule has 0 bridgehead atoms. The van der Waals surface area contributed by atoms with Gasteiger partial charge in [0.1, 0.15) is 0 Å². The van der Waals surface area contributed by atoms with Crippen molar-refractivity contribution in [2.75, 3.05) is 20.1 Å². The normalized spacial score (nSPS) is 22.8. The van der Waals surface area contributed by atoms with Crippen LogP contribution in [0.25, 0.3) is 0 Å². The number of nitrogens with one attached hydrogen (secondary N) is 1. The van der Waals surface area contributed by atoms with E-state index in [1.54, 1.807) is 0 Å². The van der Waals surface area contributed by atoms with E-state index in [2.05, 4.69) is 23.8 Å². The van der Waals surface area contributed by atoms with Gasteiger partial charge in [-0.15, -0.1) is 0 Å². The lowest BCUT2D eigenvalue weighted by Crippen LogP contribution is -2.33. The van der Waals surface area contributed by atoms with E-state index in [9.17, 15) is 0 Å². The highest BCUT2D eigenvalue weighted by Crippen LogP contribution is 2.05. The fraction of sp³-hybridized carbons (Fsp3) is 0.778. The van der Waals surface area contributed by atoms with Crippen molar-refractivity contribution in [1.29, 1.82) is 0 Å². The second-order valence-corrected chi connectivity index (χ2v) is 2.92. The summed E-state index contributed by atoms with van der Waals surface area (Å²) in [5.74, 6) is 0.584. The van der Waals surface area contributed by atoms with Crippen molar-refractivity contribution in [2.24, 2.45) is 5.73 Å². The predicted molar refractivity (Wildman–Crippen MR) is 53.7 cm³/mol. The van der Waals surface area contributed by atoms with E-state index >= 15 is 0 Å². The van der Waals surface area contributed by atoms with E-state index in [-0.39, 0.29) is 0 Å². The molecule has 0 amide bonds. The zero-order valence-electron chi connectivity index (χ0n) is 8.43. The maximum absolute atomic E-state index is 5.39. The van der Waals surface area contributed by atoms with E-state index in [4.69, 9.17) is 5.73 Å². The molecule has 3 N–H and O–H groups in total. The highest BCUT2D eigenvalue weighted by Gasteiger charge is 2.18. The SMILES string of the molecule is C=C(N)NC1CCN(C)C1.CC. The molecule has 1 unspecified atom stereocenters. The van der Waals surface area contributed by atoms with Crippen LogP contribution in [0, 0.1) is 0 Å². The van der Waals surface area contributed by atoms with E-state index in [0.717, 1.165) is 13.1 Å². The topological polar surface area (TPSA) is 41.3 Å². The van der Waals surface area contributed by atoms with Gasteiger partial charge in [0.25, 0.3) is 0 Å². The molecule has 0 aromatic carbocycles. The van der Waals surface area contributed by atoms with Crippen LogP contribution in [0.5, 0.6) is 0 Å². The Bertz CT molecular complexity index is 134. The Labute approximate surface area is 75.6 Å². The number of likely N-dealkylation sites (N-methyl/N-ethyl adjacent to an activating group) is 1. The molecule has 1 fully saturated rings. The maximum Gasteiger partial charge on any atom is 0.0888 e. The second-order valence-electron chi connectivity index (χ2n) is 2.92. The summed E-state index contributed by atoms with van der Waals surface area (Å²) in [7, 11) is 2.11. The number of hydrogen-bond donors (Lipinski definition) is 2. The summed E-state index contributed by atoms with van der Waals surface area (Å²) in [6.07, 6.45) is 1.17. The molecule has 1 saturated heterocycles. The number of nitrogens with zero attached hydrogens (tertiary/aromatic N) is 1. The maximum atomic E-state index is 5.39. The summed E-state index contributed by atoms with van der Waals surface area (Å²) in [6.45, 7) is 9.83. The Morgan fingerprint density at radius 2 is 2.17 bits per heavy atom. The number of likely N-dealkylation sites (tertiary alicyclic amines) is 1. The molecule has 1 aliphatic rings. The molecule has 0 aliphatic carbocycles. The molecule has 0 spiro atoms. The molecule has 1 heterocycles. The minimum absolute atomic E-state index is 0.516. The zero-order valence-corrected chi connectivity index (χ0v) is 8.43. The first-order valence-corrected chi connectivity index (χ1v) is 4.58. The van der Waals surface area contributed by atoms with Gasteiger partial charge in [0.15, 0.2) is 0 Å². The summed E-state index contributed by atoms with van der Waals surface area (Å²) in [4.78, 5) is 2.28. The molecule has 1 atom stereocenters. The Balaban J connectivity index is 0.000000561. The van der Waals surface area contributed by atoms with Crippen molar-refractivity contribution >= 4 is 0 Å². The second kappa shape index (κ2) is 5.89. The molecule has 0 radical (unpaired) electrons. The van der Waals surface area contributed by atoms with Gasteiger partial charge in [0, 0.05) is 12.6 Å². The average Bonchev–Trinajstić information content (AvgIpc) is 2.39. The third-order valence-corrected chi connectivity index (χ3v) is 1.78. The number of nitrogens with two attached hydrogens (primary N) is 1. The third kappa shape index (κ3) is 4.23. The molecule has 12 heavy (non-hydrogen) atoms. The average molecular weight is 171 g/mol. The lowest BCUT2D eigenvalue weighted by Gasteiger charge is -2.12. The lowest BCUT2D eigenvalue weighted by molar-refractivity contribution is 0.404. The minimum Gasteiger partial charge on any atom is -0.386 e. The molecule has 1 aliphatic heterocycles. The van der Waals surface area contributed by atoms with Crippen molar-refractivity contribution in [3.05, 3.63) is 12.4 Å². The van der Waals surface area contributed by atoms with Gasteiger partial charge in [-0.2, -0.15) is 0 Å². The van der Waals surface area contributed by atoms with Crippen LogP contribution >= 0.6 is 0 Å². The Morgan fingerprint density at radius 1 is 1.58 bits per heavy atom. The fourth-order valence-electron chi connectivity index (χ4n) is 1.32. The fourth-order valence-corrected chi connectivity index (χ4v) is 1.32. The van der Waals surface area contributed by atoms with Gasteiger partial charge in [0.05, 0.1) is 5.82 Å². The van der Waals surface area contributed by atoms with Crippen LogP contribution in [-0.4, -0.2) is 31.1 Å². The Hall–Kier alpha value is -0.700. The molecular weight excluding hydrogens is 150 g/mol. The van der Waals surface area contributed by atoms with E-state index in [1.807, 2.05) is 13.8 Å². The van der Waals surface area contributed by atoms with Crippen molar-refractivity contribution in [3.63, 3.8) is 0 Å². The van der Waals surface area contributed by atoms with Gasteiger partial charge in [-0.25, -0.2) is 0 Å². The third-order valence-electron chi connectivity index (χ3n) is 1.78. The summed E-state index contributed by atoms with van der Waals surface area (Å²) in [5, 5.41) is 3.11. The van der Waals surface area contributed by atoms with Crippen LogP contribution in [0.15, 0.2) is 12.4 Å². The molecular formula is C9H21N3. The van der Waals surface area contributed by atoms with Crippen LogP contribution < -0.4 is 11.1 Å². The van der Waals surface area contributed by atoms with E-state index < -0.39 is 0 Å². The summed E-state index contributed by atoms with van der Waals surface area (Å²) in [5.41, 5.74) is 5.39. The van der Waals surface area contributed by atoms with Crippen molar-refractivity contribution in [3.8, 4) is 0 Å². The van der Waals surface area contributed by atoms with Gasteiger partial charge < -0.3 is 16.0 Å². The highest BCUT2D eigenvalue weighted by atomic mass is 15.2. The largest absolute Gasteiger partial charge is 0.386 e. The van der Waals surface area contributed by atoms with Crippen LogP contribution in [0.3, 0.4) is 0 Å². The Morgan fingerprint density at radius 3 is 2.50 bits per heavy atom. The summed E-state index contributed by atoms with van der Waals surface area (Å²) < 4.78 is 0. The number of rotatable bonds is 2. The van der Waals surface area contributed by atoms with Crippen LogP contribution in [0.2, 0.25) is 0 Å². The first kappa shape index (κ1) is 11.3. The van der Waals surface area contributed by atoms with E-state index in [1.165, 1.54) is 6.42 Å². The molecule has 0 saturated carbocycles. The molecule has 0 aromatic heterocycles. The summed E-state index contributed by atoms with van der Waals surface area (Å²) >= 11 is 0. The molecule has 72 valence electrons. The quantitative estimate of drug-likeness (QED) is 0.644. The van der Waals surface area contributed by atoms with Crippen LogP contribution in [0.4, 0.5) is 0 Å². The van der Waals surface area contributed by atoms with Gasteiger partial charge in [-0.05, 0) is 20.0 Å². The van der Waals surface area contributed by atoms with Gasteiger partial charge in [0.2, 0.25) is 0 Å². The van der Waals surface area contributed by atoms with Crippen LogP contribution in [0.1, 0.15) is 20.3 Å². The summed E-state index contributed by atoms with van der Waals surface area (Å²) in [6, 6.07) is 0.516. The Kier molecular flexibility index (Phi) is 5.54. The molecule has 0 aromatic rings. The van der Waals surface area contributed by atoms with Gasteiger partial charge in [-0.1, -0.05) is 20.4 Å². The smallest absolute Gasteiger partial charge is 0.0888 e. The van der Waals surface area contributed by atoms with E-state index in [0.29, 0.717) is 11.9 Å². The predicted octanol–water partition coefficient (Wildman–Crippen LogP) is 0.736. The van der Waals surface area contributed by atoms with Crippen molar-refractivity contribution < 1.29 is 0 Å². The lowest BCUT2D eigenvalue weighted by atomic mass is 10.3. The molecule has 1 rings (SSSR count).